The van der Waals surface area contributed by atoms with Crippen LogP contribution in [-0.2, 0) is 31.8 Å². The van der Waals surface area contributed by atoms with E-state index < -0.39 is 47.5 Å². The molecule has 3 rings (SSSR count). The van der Waals surface area contributed by atoms with Gasteiger partial charge in [-0.1, -0.05) is 18.2 Å². The van der Waals surface area contributed by atoms with Crippen LogP contribution in [0.5, 0.6) is 0 Å². The number of H-pyrrole nitrogens is 1. The molecule has 0 saturated carbocycles. The molecule has 0 spiro atoms. The Bertz CT molecular complexity index is 1340. The minimum absolute atomic E-state index is 0.0576. The first-order valence-electron chi connectivity index (χ1n) is 11.5. The molecule has 0 unspecified atom stereocenters. The Kier molecular flexibility index (Phi) is 8.94. The fourth-order valence-electron chi connectivity index (χ4n) is 3.74. The number of alkyl halides is 3. The van der Waals surface area contributed by atoms with Gasteiger partial charge in [-0.2, -0.15) is 13.2 Å². The van der Waals surface area contributed by atoms with Crippen molar-refractivity contribution < 1.29 is 32.3 Å². The van der Waals surface area contributed by atoms with Crippen LogP contribution in [-0.4, -0.2) is 51.8 Å². The van der Waals surface area contributed by atoms with Crippen molar-refractivity contribution in [3.8, 4) is 0 Å². The molecule has 3 aromatic rings. The lowest BCUT2D eigenvalue weighted by molar-refractivity contribution is -0.141. The van der Waals surface area contributed by atoms with E-state index in [1.54, 1.807) is 6.20 Å². The van der Waals surface area contributed by atoms with Crippen molar-refractivity contribution in [1.29, 1.82) is 5.41 Å². The van der Waals surface area contributed by atoms with Gasteiger partial charge >= 0.3 is 6.18 Å². The number of fused-ring (bicyclic) bond motifs is 1. The number of halogens is 3. The number of Topliss-reactive ketones (excluding diaryl/α,β-unsaturated/α-hetero) is 1. The van der Waals surface area contributed by atoms with Crippen LogP contribution in [0.3, 0.4) is 0 Å². The standard InChI is InChI=1S/C25H25F3N6O4/c1-14(35)32-21(10-15-12-30-19-5-3-2-4-18(15)19)24(38)34-20(8-7-17(36)11-29)23(37)33-16-6-9-22(31-13-16)25(26,27)28/h2-6,9,11-13,20-21,29-30H,7-8,10H2,1H3,(H,32,35)(H,33,37)(H,34,38)/t20-,21-/m0/s1. The molecule has 200 valence electrons. The van der Waals surface area contributed by atoms with Gasteiger partial charge in [-0.15, -0.1) is 0 Å². The molecular formula is C25H25F3N6O4. The van der Waals surface area contributed by atoms with E-state index in [1.807, 2.05) is 24.3 Å². The molecule has 2 aromatic heterocycles. The molecule has 1 aromatic carbocycles. The largest absolute Gasteiger partial charge is 0.433 e. The third-order valence-electron chi connectivity index (χ3n) is 5.59. The van der Waals surface area contributed by atoms with Crippen molar-refractivity contribution in [3.63, 3.8) is 0 Å². The molecule has 0 aliphatic rings. The maximum atomic E-state index is 13.2. The van der Waals surface area contributed by atoms with E-state index in [-0.39, 0.29) is 24.9 Å². The molecule has 2 heterocycles. The van der Waals surface area contributed by atoms with Crippen LogP contribution in [0.1, 0.15) is 31.0 Å². The molecule has 3 amide bonds. The van der Waals surface area contributed by atoms with Gasteiger partial charge in [-0.25, -0.2) is 4.98 Å². The maximum Gasteiger partial charge on any atom is 0.433 e. The van der Waals surface area contributed by atoms with Gasteiger partial charge in [-0.05, 0) is 30.2 Å². The highest BCUT2D eigenvalue weighted by Crippen LogP contribution is 2.27. The number of carbonyl (C=O) groups excluding carboxylic acids is 4. The number of rotatable bonds is 11. The van der Waals surface area contributed by atoms with Crippen molar-refractivity contribution in [2.24, 2.45) is 0 Å². The van der Waals surface area contributed by atoms with E-state index in [0.717, 1.165) is 28.7 Å². The molecule has 0 aliphatic heterocycles. The summed E-state index contributed by atoms with van der Waals surface area (Å²) in [5.41, 5.74) is 0.368. The number of nitrogens with zero attached hydrogens (tertiary/aromatic N) is 1. The number of hydrogen-bond donors (Lipinski definition) is 5. The fraction of sp³-hybridized carbons (Fsp3) is 0.280. The summed E-state index contributed by atoms with van der Waals surface area (Å²) >= 11 is 0. The summed E-state index contributed by atoms with van der Waals surface area (Å²) in [6, 6.07) is 6.68. The fourth-order valence-corrected chi connectivity index (χ4v) is 3.74. The number of nitrogens with one attached hydrogen (secondary N) is 5. The summed E-state index contributed by atoms with van der Waals surface area (Å²) in [4.78, 5) is 56.0. The summed E-state index contributed by atoms with van der Waals surface area (Å²) in [6.45, 7) is 1.24. The second kappa shape index (κ2) is 12.1. The number of anilines is 1. The third kappa shape index (κ3) is 7.48. The molecule has 0 fully saturated rings. The highest BCUT2D eigenvalue weighted by molar-refractivity contribution is 6.26. The summed E-state index contributed by atoms with van der Waals surface area (Å²) in [7, 11) is 0. The highest BCUT2D eigenvalue weighted by atomic mass is 19.4. The first kappa shape index (κ1) is 28.0. The third-order valence-corrected chi connectivity index (χ3v) is 5.59. The number of aromatic nitrogens is 2. The summed E-state index contributed by atoms with van der Waals surface area (Å²) in [5, 5.41) is 15.3. The average molecular weight is 531 g/mol. The number of pyridine rings is 1. The normalized spacial score (nSPS) is 12.8. The average Bonchev–Trinajstić information content (AvgIpc) is 3.28. The molecule has 10 nitrogen and oxygen atoms in total. The molecule has 0 bridgehead atoms. The first-order valence-corrected chi connectivity index (χ1v) is 11.5. The molecule has 38 heavy (non-hydrogen) atoms. The maximum absolute atomic E-state index is 13.2. The zero-order valence-electron chi connectivity index (χ0n) is 20.2. The smallest absolute Gasteiger partial charge is 0.361 e. The van der Waals surface area contributed by atoms with E-state index in [1.165, 1.54) is 6.92 Å². The van der Waals surface area contributed by atoms with Crippen LogP contribution in [0.2, 0.25) is 0 Å². The highest BCUT2D eigenvalue weighted by Gasteiger charge is 2.32. The van der Waals surface area contributed by atoms with Crippen LogP contribution in [0, 0.1) is 5.41 Å². The lowest BCUT2D eigenvalue weighted by Crippen LogP contribution is -2.53. The number of carbonyl (C=O) groups is 4. The Labute approximate surface area is 214 Å². The first-order chi connectivity index (χ1) is 18.0. The predicted octanol–water partition coefficient (Wildman–Crippen LogP) is 2.75. The summed E-state index contributed by atoms with van der Waals surface area (Å²) in [6.07, 6.45) is -1.91. The number of aromatic amines is 1. The predicted molar refractivity (Wildman–Crippen MR) is 132 cm³/mol. The van der Waals surface area contributed by atoms with Gasteiger partial charge in [-0.3, -0.25) is 19.2 Å². The van der Waals surface area contributed by atoms with Gasteiger partial charge in [0.25, 0.3) is 0 Å². The van der Waals surface area contributed by atoms with Gasteiger partial charge in [0.05, 0.1) is 18.1 Å². The zero-order valence-corrected chi connectivity index (χ0v) is 20.2. The Morgan fingerprint density at radius 1 is 1.05 bits per heavy atom. The number of ketones is 1. The quantitative estimate of drug-likeness (QED) is 0.241. The molecule has 0 aliphatic carbocycles. The number of para-hydroxylation sites is 1. The lowest BCUT2D eigenvalue weighted by atomic mass is 10.0. The number of amides is 3. The summed E-state index contributed by atoms with van der Waals surface area (Å²) in [5.74, 6) is -2.60. The SMILES string of the molecule is CC(=O)N[C@@H](Cc1c[nH]c2ccccc12)C(=O)N[C@@H](CCC(=O)C=N)C(=O)Nc1ccc(C(F)(F)F)nc1. The van der Waals surface area contributed by atoms with Crippen LogP contribution < -0.4 is 16.0 Å². The minimum atomic E-state index is -4.66. The molecule has 2 atom stereocenters. The molecule has 13 heteroatoms. The van der Waals surface area contributed by atoms with E-state index in [4.69, 9.17) is 5.41 Å². The van der Waals surface area contributed by atoms with E-state index in [0.29, 0.717) is 12.3 Å². The Morgan fingerprint density at radius 3 is 2.42 bits per heavy atom. The zero-order chi connectivity index (χ0) is 27.9. The molecule has 5 N–H and O–H groups in total. The molecule has 0 radical (unpaired) electrons. The topological polar surface area (TPSA) is 157 Å². The van der Waals surface area contributed by atoms with E-state index >= 15 is 0 Å². The number of hydrogen-bond acceptors (Lipinski definition) is 6. The molecule has 0 saturated heterocycles. The van der Waals surface area contributed by atoms with Gasteiger partial charge < -0.3 is 26.3 Å². The Morgan fingerprint density at radius 2 is 1.79 bits per heavy atom. The van der Waals surface area contributed by atoms with Crippen molar-refractivity contribution >= 4 is 46.3 Å². The van der Waals surface area contributed by atoms with Crippen LogP contribution in [0.15, 0.2) is 48.8 Å². The van der Waals surface area contributed by atoms with Crippen LogP contribution >= 0.6 is 0 Å². The van der Waals surface area contributed by atoms with Crippen LogP contribution in [0.4, 0.5) is 18.9 Å². The minimum Gasteiger partial charge on any atom is -0.361 e. The van der Waals surface area contributed by atoms with Gasteiger partial charge in [0, 0.05) is 36.9 Å². The second-order valence-electron chi connectivity index (χ2n) is 8.45. The summed E-state index contributed by atoms with van der Waals surface area (Å²) < 4.78 is 38.3. The van der Waals surface area contributed by atoms with Crippen LogP contribution in [0.25, 0.3) is 10.9 Å². The van der Waals surface area contributed by atoms with E-state index in [2.05, 4.69) is 25.9 Å². The Hall–Kier alpha value is -4.55. The van der Waals surface area contributed by atoms with E-state index in [9.17, 15) is 32.3 Å². The van der Waals surface area contributed by atoms with Crippen molar-refractivity contribution in [3.05, 3.63) is 60.0 Å². The Balaban J connectivity index is 1.78. The van der Waals surface area contributed by atoms with Gasteiger partial charge in [0.1, 0.15) is 17.8 Å². The molecular weight excluding hydrogens is 505 g/mol. The van der Waals surface area contributed by atoms with Crippen molar-refractivity contribution in [1.82, 2.24) is 20.6 Å². The monoisotopic (exact) mass is 530 g/mol. The van der Waals surface area contributed by atoms with Gasteiger partial charge in [0.15, 0.2) is 5.78 Å². The second-order valence-corrected chi connectivity index (χ2v) is 8.45. The van der Waals surface area contributed by atoms with Crippen molar-refractivity contribution in [2.75, 3.05) is 5.32 Å². The number of benzene rings is 1. The van der Waals surface area contributed by atoms with Gasteiger partial charge in [0.2, 0.25) is 17.7 Å². The van der Waals surface area contributed by atoms with Crippen molar-refractivity contribution in [2.45, 2.75) is 44.4 Å². The lowest BCUT2D eigenvalue weighted by Gasteiger charge is -2.23.